The summed E-state index contributed by atoms with van der Waals surface area (Å²) in [6.45, 7) is 12.3. The number of rotatable bonds is 6. The normalized spacial score (nSPS) is 27.0. The molecule has 0 radical (unpaired) electrons. The van der Waals surface area contributed by atoms with Crippen LogP contribution in [0.15, 0.2) is 28.0 Å². The van der Waals surface area contributed by atoms with Crippen molar-refractivity contribution < 1.29 is 13.9 Å². The van der Waals surface area contributed by atoms with Gasteiger partial charge in [-0.05, 0) is 44.2 Å². The van der Waals surface area contributed by atoms with Crippen LogP contribution in [0, 0.1) is 11.8 Å². The Hall–Kier alpha value is -2.00. The molecule has 2 aromatic rings. The Morgan fingerprint density at radius 3 is 2.45 bits per heavy atom. The van der Waals surface area contributed by atoms with E-state index in [1.54, 1.807) is 6.26 Å². The largest absolute Gasteiger partial charge is 0.467 e. The molecule has 1 amide bonds. The SMILES string of the molecule is CC1CC(C)CN(c2nnc(SCC(=O)N3CC(C)OC(C)C3)n2Cc2ccco2)C1. The van der Waals surface area contributed by atoms with Crippen molar-refractivity contribution in [2.45, 2.75) is 58.0 Å². The highest BCUT2D eigenvalue weighted by molar-refractivity contribution is 7.99. The summed E-state index contributed by atoms with van der Waals surface area (Å²) in [7, 11) is 0. The summed E-state index contributed by atoms with van der Waals surface area (Å²) in [4.78, 5) is 17.1. The molecule has 2 aliphatic rings. The van der Waals surface area contributed by atoms with Crippen LogP contribution in [0.4, 0.5) is 5.95 Å². The van der Waals surface area contributed by atoms with Gasteiger partial charge in [0.05, 0.1) is 30.8 Å². The van der Waals surface area contributed by atoms with E-state index in [0.717, 1.165) is 30.0 Å². The zero-order valence-corrected chi connectivity index (χ0v) is 19.7. The number of ether oxygens (including phenoxy) is 1. The van der Waals surface area contributed by atoms with Crippen molar-refractivity contribution >= 4 is 23.6 Å². The Labute approximate surface area is 188 Å². The Kier molecular flexibility index (Phi) is 6.91. The number of morpholine rings is 1. The molecule has 2 saturated heterocycles. The zero-order chi connectivity index (χ0) is 22.0. The Bertz CT molecular complexity index is 851. The second-order valence-corrected chi connectivity index (χ2v) is 10.1. The van der Waals surface area contributed by atoms with Gasteiger partial charge in [-0.15, -0.1) is 10.2 Å². The highest BCUT2D eigenvalue weighted by Gasteiger charge is 2.29. The lowest BCUT2D eigenvalue weighted by atomic mass is 9.92. The summed E-state index contributed by atoms with van der Waals surface area (Å²) in [5.74, 6) is 3.38. The molecule has 170 valence electrons. The highest BCUT2D eigenvalue weighted by atomic mass is 32.2. The maximum Gasteiger partial charge on any atom is 0.233 e. The van der Waals surface area contributed by atoms with Crippen molar-refractivity contribution in [3.63, 3.8) is 0 Å². The van der Waals surface area contributed by atoms with Crippen molar-refractivity contribution in [1.82, 2.24) is 19.7 Å². The van der Waals surface area contributed by atoms with Crippen molar-refractivity contribution in [2.75, 3.05) is 36.8 Å². The maximum atomic E-state index is 12.8. The van der Waals surface area contributed by atoms with E-state index >= 15 is 0 Å². The average Bonchev–Trinajstić information content (AvgIpc) is 3.35. The van der Waals surface area contributed by atoms with Crippen LogP contribution >= 0.6 is 11.8 Å². The van der Waals surface area contributed by atoms with E-state index in [2.05, 4.69) is 33.5 Å². The van der Waals surface area contributed by atoms with E-state index in [0.29, 0.717) is 37.2 Å². The van der Waals surface area contributed by atoms with E-state index in [4.69, 9.17) is 9.15 Å². The third-order valence-corrected chi connectivity index (χ3v) is 6.79. The van der Waals surface area contributed by atoms with Crippen molar-refractivity contribution in [2.24, 2.45) is 11.8 Å². The second kappa shape index (κ2) is 9.65. The van der Waals surface area contributed by atoms with Gasteiger partial charge in [0.1, 0.15) is 5.76 Å². The third-order valence-electron chi connectivity index (χ3n) is 5.84. The Morgan fingerprint density at radius 1 is 1.10 bits per heavy atom. The fourth-order valence-electron chi connectivity index (χ4n) is 4.74. The highest BCUT2D eigenvalue weighted by Crippen LogP contribution is 2.29. The first-order chi connectivity index (χ1) is 14.9. The van der Waals surface area contributed by atoms with Crippen molar-refractivity contribution in [3.05, 3.63) is 24.2 Å². The van der Waals surface area contributed by atoms with E-state index < -0.39 is 0 Å². The van der Waals surface area contributed by atoms with Gasteiger partial charge in [0.15, 0.2) is 5.16 Å². The molecule has 0 aliphatic carbocycles. The molecule has 8 nitrogen and oxygen atoms in total. The number of nitrogens with zero attached hydrogens (tertiary/aromatic N) is 5. The maximum absolute atomic E-state index is 12.8. The summed E-state index contributed by atoms with van der Waals surface area (Å²) < 4.78 is 13.4. The van der Waals surface area contributed by atoms with Crippen LogP contribution in [0.5, 0.6) is 0 Å². The molecule has 0 bridgehead atoms. The number of carbonyl (C=O) groups is 1. The molecule has 4 rings (SSSR count). The molecule has 4 atom stereocenters. The molecule has 4 unspecified atom stereocenters. The summed E-state index contributed by atoms with van der Waals surface area (Å²) in [5, 5.41) is 9.75. The molecule has 4 heterocycles. The topological polar surface area (TPSA) is 76.6 Å². The number of thioether (sulfide) groups is 1. The molecule has 0 spiro atoms. The van der Waals surface area contributed by atoms with Crippen LogP contribution in [0.25, 0.3) is 0 Å². The van der Waals surface area contributed by atoms with E-state index in [1.165, 1.54) is 18.2 Å². The van der Waals surface area contributed by atoms with Crippen LogP contribution < -0.4 is 4.90 Å². The number of furan rings is 1. The molecule has 2 aromatic heterocycles. The fraction of sp³-hybridized carbons (Fsp3) is 0.682. The van der Waals surface area contributed by atoms with E-state index in [1.807, 2.05) is 30.9 Å². The van der Waals surface area contributed by atoms with Crippen molar-refractivity contribution in [1.29, 1.82) is 0 Å². The number of carbonyl (C=O) groups excluding carboxylic acids is 1. The van der Waals surface area contributed by atoms with Gasteiger partial charge < -0.3 is 19.0 Å². The molecule has 0 N–H and O–H groups in total. The van der Waals surface area contributed by atoms with Crippen molar-refractivity contribution in [3.8, 4) is 0 Å². The van der Waals surface area contributed by atoms with Gasteiger partial charge in [-0.1, -0.05) is 25.6 Å². The van der Waals surface area contributed by atoms with Gasteiger partial charge in [0, 0.05) is 26.2 Å². The molecule has 0 saturated carbocycles. The molecule has 31 heavy (non-hydrogen) atoms. The molecular formula is C22H33N5O3S. The van der Waals surface area contributed by atoms with Gasteiger partial charge in [-0.2, -0.15) is 0 Å². The monoisotopic (exact) mass is 447 g/mol. The number of amides is 1. The minimum atomic E-state index is 0.0648. The summed E-state index contributed by atoms with van der Waals surface area (Å²) >= 11 is 1.45. The van der Waals surface area contributed by atoms with Crippen LogP contribution in [0.1, 0.15) is 39.9 Å². The number of aromatic nitrogens is 3. The Morgan fingerprint density at radius 2 is 1.81 bits per heavy atom. The quantitative estimate of drug-likeness (QED) is 0.630. The second-order valence-electron chi connectivity index (χ2n) is 9.14. The molecule has 0 aromatic carbocycles. The lowest BCUT2D eigenvalue weighted by Gasteiger charge is -2.35. The van der Waals surface area contributed by atoms with Gasteiger partial charge in [-0.25, -0.2) is 0 Å². The summed E-state index contributed by atoms with van der Waals surface area (Å²) in [5.41, 5.74) is 0. The van der Waals surface area contributed by atoms with E-state index in [-0.39, 0.29) is 18.1 Å². The van der Waals surface area contributed by atoms with Gasteiger partial charge in [0.25, 0.3) is 0 Å². The summed E-state index contributed by atoms with van der Waals surface area (Å²) in [6.07, 6.45) is 3.04. The van der Waals surface area contributed by atoms with Crippen LogP contribution in [-0.2, 0) is 16.1 Å². The smallest absolute Gasteiger partial charge is 0.233 e. The first kappa shape index (κ1) is 22.2. The lowest BCUT2D eigenvalue weighted by molar-refractivity contribution is -0.140. The fourth-order valence-corrected chi connectivity index (χ4v) is 5.58. The minimum absolute atomic E-state index is 0.0648. The van der Waals surface area contributed by atoms with Crippen LogP contribution in [-0.4, -0.2) is 69.7 Å². The van der Waals surface area contributed by atoms with Crippen LogP contribution in [0.2, 0.25) is 0 Å². The number of anilines is 1. The van der Waals surface area contributed by atoms with Gasteiger partial charge in [0.2, 0.25) is 11.9 Å². The molecule has 9 heteroatoms. The molecule has 2 fully saturated rings. The third kappa shape index (κ3) is 5.44. The van der Waals surface area contributed by atoms with Gasteiger partial charge >= 0.3 is 0 Å². The predicted octanol–water partition coefficient (Wildman–Crippen LogP) is 3.13. The zero-order valence-electron chi connectivity index (χ0n) is 18.9. The predicted molar refractivity (Wildman–Crippen MR) is 120 cm³/mol. The number of piperidine rings is 1. The van der Waals surface area contributed by atoms with Crippen LogP contribution in [0.3, 0.4) is 0 Å². The first-order valence-corrected chi connectivity index (χ1v) is 12.1. The summed E-state index contributed by atoms with van der Waals surface area (Å²) in [6, 6.07) is 3.85. The Balaban J connectivity index is 1.50. The lowest BCUT2D eigenvalue weighted by Crippen LogP contribution is -2.48. The van der Waals surface area contributed by atoms with Gasteiger partial charge in [-0.3, -0.25) is 9.36 Å². The standard InChI is InChI=1S/C22H33N5O3S/c1-15-8-16(2)10-26(9-15)21-23-24-22(27(21)13-19-6-5-7-29-19)31-14-20(28)25-11-17(3)30-18(4)12-25/h5-7,15-18H,8-14H2,1-4H3. The minimum Gasteiger partial charge on any atom is -0.467 e. The number of hydrogen-bond acceptors (Lipinski definition) is 7. The molecule has 2 aliphatic heterocycles. The van der Waals surface area contributed by atoms with E-state index in [9.17, 15) is 4.79 Å². The molecular weight excluding hydrogens is 414 g/mol. The average molecular weight is 448 g/mol. The number of hydrogen-bond donors (Lipinski definition) is 0. The first-order valence-electron chi connectivity index (χ1n) is 11.2.